The number of carbonyl (C=O) groups is 4. The summed E-state index contributed by atoms with van der Waals surface area (Å²) in [6.07, 6.45) is 0.373. The largest absolute Gasteiger partial charge is 0.504 e. The van der Waals surface area contributed by atoms with Crippen molar-refractivity contribution in [2.45, 2.75) is 19.4 Å². The Hall–Kier alpha value is -3.91. The van der Waals surface area contributed by atoms with Gasteiger partial charge < -0.3 is 25.5 Å². The summed E-state index contributed by atoms with van der Waals surface area (Å²) in [4.78, 5) is 55.1. The van der Waals surface area contributed by atoms with Crippen molar-refractivity contribution in [1.82, 2.24) is 15.8 Å². The van der Waals surface area contributed by atoms with Crippen LogP contribution in [0.25, 0.3) is 0 Å². The SMILES string of the molecule is CC(C)(O/N=C(\C(=O)O)c1csc(NC=O)n1)C(=O)NNC(=O)c1ccc(O)c(O)c1.Cl. The lowest BCUT2D eigenvalue weighted by atomic mass is 10.1. The molecular formula is C17H18ClN5O8S. The molecule has 0 unspecified atom stereocenters. The molecule has 0 aliphatic heterocycles. The number of anilines is 1. The third-order valence-electron chi connectivity index (χ3n) is 3.57. The number of amides is 3. The minimum absolute atomic E-state index is 0. The number of hydrazine groups is 1. The van der Waals surface area contributed by atoms with E-state index in [9.17, 15) is 34.5 Å². The van der Waals surface area contributed by atoms with Gasteiger partial charge in [0.1, 0.15) is 5.69 Å². The van der Waals surface area contributed by atoms with Crippen LogP contribution in [0.4, 0.5) is 5.13 Å². The fourth-order valence-corrected chi connectivity index (χ4v) is 2.55. The highest BCUT2D eigenvalue weighted by atomic mass is 35.5. The molecule has 6 N–H and O–H groups in total. The molecule has 172 valence electrons. The number of carbonyl (C=O) groups excluding carboxylic acids is 3. The maximum atomic E-state index is 12.3. The van der Waals surface area contributed by atoms with Crippen molar-refractivity contribution < 1.29 is 39.3 Å². The number of phenols is 2. The maximum absolute atomic E-state index is 12.3. The molecule has 2 rings (SSSR count). The standard InChI is InChI=1S/C17H17N5O8S.ClH/c1-17(2,15(29)21-20-13(26)8-3-4-10(24)11(25)5-8)30-22-12(14(27)28)9-6-31-16(19-9)18-7-23;/h3-7,24-25H,1-2H3,(H,20,26)(H,21,29)(H,27,28)(H,18,19,23);1H/b22-12-;. The lowest BCUT2D eigenvalue weighted by molar-refractivity contribution is -0.144. The van der Waals surface area contributed by atoms with Crippen LogP contribution in [0.3, 0.4) is 0 Å². The Morgan fingerprint density at radius 1 is 1.19 bits per heavy atom. The first kappa shape index (κ1) is 26.1. The number of aromatic hydroxyl groups is 2. The fraction of sp³-hybridized carbons (Fsp3) is 0.176. The zero-order valence-electron chi connectivity index (χ0n) is 16.5. The normalized spacial score (nSPS) is 11.0. The Morgan fingerprint density at radius 3 is 2.47 bits per heavy atom. The molecule has 0 aliphatic rings. The van der Waals surface area contributed by atoms with Gasteiger partial charge in [0.2, 0.25) is 17.7 Å². The molecule has 32 heavy (non-hydrogen) atoms. The smallest absolute Gasteiger partial charge is 0.360 e. The van der Waals surface area contributed by atoms with Crippen molar-refractivity contribution >= 4 is 58.8 Å². The second-order valence-electron chi connectivity index (χ2n) is 6.26. The number of halogens is 1. The first-order chi connectivity index (χ1) is 14.5. The average molecular weight is 488 g/mol. The van der Waals surface area contributed by atoms with Crippen LogP contribution in [0.15, 0.2) is 28.7 Å². The van der Waals surface area contributed by atoms with Gasteiger partial charge >= 0.3 is 5.97 Å². The van der Waals surface area contributed by atoms with Crippen molar-refractivity contribution in [2.75, 3.05) is 5.32 Å². The van der Waals surface area contributed by atoms with Crippen LogP contribution in [0.5, 0.6) is 11.5 Å². The van der Waals surface area contributed by atoms with Crippen LogP contribution in [-0.2, 0) is 19.2 Å². The highest BCUT2D eigenvalue weighted by Gasteiger charge is 2.32. The molecule has 13 nitrogen and oxygen atoms in total. The summed E-state index contributed by atoms with van der Waals surface area (Å²) in [5, 5.41) is 35.2. The van der Waals surface area contributed by atoms with Gasteiger partial charge in [0.15, 0.2) is 16.6 Å². The summed E-state index contributed by atoms with van der Waals surface area (Å²) in [6, 6.07) is 3.29. The van der Waals surface area contributed by atoms with Crippen LogP contribution >= 0.6 is 23.7 Å². The number of benzene rings is 1. The highest BCUT2D eigenvalue weighted by Crippen LogP contribution is 2.24. The Balaban J connectivity index is 0.00000512. The molecule has 0 radical (unpaired) electrons. The van der Waals surface area contributed by atoms with E-state index >= 15 is 0 Å². The lowest BCUT2D eigenvalue weighted by Crippen LogP contribution is -2.51. The number of carboxylic acid groups (broad SMARTS) is 1. The monoisotopic (exact) mass is 487 g/mol. The highest BCUT2D eigenvalue weighted by molar-refractivity contribution is 7.14. The molecular weight excluding hydrogens is 470 g/mol. The maximum Gasteiger partial charge on any atom is 0.360 e. The summed E-state index contributed by atoms with van der Waals surface area (Å²) in [6.45, 7) is 2.54. The van der Waals surface area contributed by atoms with Gasteiger partial charge in [0.25, 0.3) is 11.8 Å². The van der Waals surface area contributed by atoms with E-state index in [0.29, 0.717) is 6.41 Å². The van der Waals surface area contributed by atoms with Crippen LogP contribution in [0.2, 0.25) is 0 Å². The molecule has 1 aromatic carbocycles. The lowest BCUT2D eigenvalue weighted by Gasteiger charge is -2.21. The number of aromatic nitrogens is 1. The Morgan fingerprint density at radius 2 is 1.88 bits per heavy atom. The van der Waals surface area contributed by atoms with Crippen molar-refractivity contribution in [1.29, 1.82) is 0 Å². The minimum atomic E-state index is -1.72. The number of oxime groups is 1. The summed E-state index contributed by atoms with van der Waals surface area (Å²) < 4.78 is 0. The second-order valence-corrected chi connectivity index (χ2v) is 7.12. The summed E-state index contributed by atoms with van der Waals surface area (Å²) in [5.41, 5.74) is 1.69. The van der Waals surface area contributed by atoms with Crippen LogP contribution in [0.1, 0.15) is 29.9 Å². The number of nitrogens with one attached hydrogen (secondary N) is 3. The predicted molar refractivity (Wildman–Crippen MR) is 114 cm³/mol. The van der Waals surface area contributed by atoms with E-state index in [2.05, 4.69) is 26.3 Å². The third-order valence-corrected chi connectivity index (χ3v) is 4.34. The van der Waals surface area contributed by atoms with E-state index in [1.807, 2.05) is 0 Å². The molecule has 0 fully saturated rings. The van der Waals surface area contributed by atoms with Gasteiger partial charge in [-0.25, -0.2) is 9.78 Å². The Kier molecular flexibility index (Phi) is 8.92. The summed E-state index contributed by atoms with van der Waals surface area (Å²) in [5.74, 6) is -4.10. The molecule has 0 saturated heterocycles. The van der Waals surface area contributed by atoms with Gasteiger partial charge in [-0.3, -0.25) is 25.2 Å². The summed E-state index contributed by atoms with van der Waals surface area (Å²) in [7, 11) is 0. The molecule has 0 saturated carbocycles. The molecule has 1 aromatic heterocycles. The van der Waals surface area contributed by atoms with Crippen molar-refractivity contribution in [3.63, 3.8) is 0 Å². The topological polar surface area (TPSA) is 200 Å². The van der Waals surface area contributed by atoms with E-state index in [0.717, 1.165) is 23.5 Å². The van der Waals surface area contributed by atoms with E-state index in [1.165, 1.54) is 25.3 Å². The van der Waals surface area contributed by atoms with Gasteiger partial charge in [-0.2, -0.15) is 0 Å². The third kappa shape index (κ3) is 6.55. The quantitative estimate of drug-likeness (QED) is 0.133. The number of carboxylic acids is 1. The van der Waals surface area contributed by atoms with Gasteiger partial charge in [0, 0.05) is 10.9 Å². The number of thiazole rings is 1. The summed E-state index contributed by atoms with van der Waals surface area (Å²) >= 11 is 0.957. The fourth-order valence-electron chi connectivity index (χ4n) is 1.90. The number of aliphatic carboxylic acids is 1. The Bertz CT molecular complexity index is 1060. The van der Waals surface area contributed by atoms with Gasteiger partial charge in [0.05, 0.1) is 0 Å². The van der Waals surface area contributed by atoms with Crippen molar-refractivity contribution in [3.8, 4) is 11.5 Å². The van der Waals surface area contributed by atoms with Crippen LogP contribution in [-0.4, -0.2) is 55.8 Å². The van der Waals surface area contributed by atoms with E-state index in [4.69, 9.17) is 4.84 Å². The number of hydrogen-bond donors (Lipinski definition) is 6. The predicted octanol–water partition coefficient (Wildman–Crippen LogP) is 0.589. The minimum Gasteiger partial charge on any atom is -0.504 e. The van der Waals surface area contributed by atoms with E-state index < -0.39 is 40.6 Å². The molecule has 0 aliphatic carbocycles. The first-order valence-corrected chi connectivity index (χ1v) is 9.21. The molecule has 0 atom stereocenters. The van der Waals surface area contributed by atoms with E-state index in [-0.39, 0.29) is 28.8 Å². The van der Waals surface area contributed by atoms with E-state index in [1.54, 1.807) is 0 Å². The van der Waals surface area contributed by atoms with Crippen LogP contribution < -0.4 is 16.2 Å². The van der Waals surface area contributed by atoms with Gasteiger partial charge in [-0.1, -0.05) is 5.16 Å². The van der Waals surface area contributed by atoms with Gasteiger partial charge in [-0.15, -0.1) is 23.7 Å². The number of hydrogen-bond acceptors (Lipinski definition) is 10. The Labute approximate surface area is 190 Å². The molecule has 0 bridgehead atoms. The molecule has 3 amide bonds. The van der Waals surface area contributed by atoms with Crippen LogP contribution in [0, 0.1) is 0 Å². The number of rotatable bonds is 8. The molecule has 1 heterocycles. The zero-order valence-corrected chi connectivity index (χ0v) is 18.1. The number of nitrogens with zero attached hydrogens (tertiary/aromatic N) is 2. The van der Waals surface area contributed by atoms with Crippen molar-refractivity contribution in [2.24, 2.45) is 5.16 Å². The molecule has 15 heteroatoms. The average Bonchev–Trinajstić information content (AvgIpc) is 3.16. The van der Waals surface area contributed by atoms with Crippen molar-refractivity contribution in [3.05, 3.63) is 34.8 Å². The zero-order chi connectivity index (χ0) is 23.2. The number of phenolic OH excluding ortho intramolecular Hbond substituents is 2. The first-order valence-electron chi connectivity index (χ1n) is 8.33. The molecule has 0 spiro atoms. The molecule has 2 aromatic rings. The van der Waals surface area contributed by atoms with Gasteiger partial charge in [-0.05, 0) is 32.0 Å². The second kappa shape index (κ2) is 10.9.